The standard InChI is InChI=1S/C21H21ClN4O4S/c1-3-29-20(28)14-8-10-15(11-9-14)23-19(27)13-31-21-25-24-18(26(21)2)12-30-17-7-5-4-6-16(17)22/h4-11H,3,12-13H2,1-2H3,(H,23,27). The van der Waals surface area contributed by atoms with E-state index < -0.39 is 5.97 Å². The van der Waals surface area contributed by atoms with Gasteiger partial charge in [0.15, 0.2) is 11.0 Å². The van der Waals surface area contributed by atoms with Crippen molar-refractivity contribution in [2.75, 3.05) is 17.7 Å². The monoisotopic (exact) mass is 460 g/mol. The predicted molar refractivity (Wildman–Crippen MR) is 119 cm³/mol. The van der Waals surface area contributed by atoms with Gasteiger partial charge < -0.3 is 19.4 Å². The number of carbonyl (C=O) groups is 2. The number of hydrogen-bond donors (Lipinski definition) is 1. The third kappa shape index (κ3) is 6.22. The Balaban J connectivity index is 1.50. The second-order valence-corrected chi connectivity index (χ2v) is 7.66. The molecule has 0 bridgehead atoms. The smallest absolute Gasteiger partial charge is 0.338 e. The number of amides is 1. The lowest BCUT2D eigenvalue weighted by atomic mass is 10.2. The van der Waals surface area contributed by atoms with E-state index in [-0.39, 0.29) is 18.3 Å². The molecule has 0 atom stereocenters. The Morgan fingerprint density at radius 1 is 1.13 bits per heavy atom. The maximum atomic E-state index is 12.3. The Hall–Kier alpha value is -3.04. The highest BCUT2D eigenvalue weighted by Gasteiger charge is 2.13. The molecule has 0 unspecified atom stereocenters. The van der Waals surface area contributed by atoms with Crippen LogP contribution in [0.25, 0.3) is 0 Å². The molecule has 3 rings (SSSR count). The van der Waals surface area contributed by atoms with Gasteiger partial charge in [-0.1, -0.05) is 35.5 Å². The van der Waals surface area contributed by atoms with E-state index in [0.29, 0.717) is 39.6 Å². The zero-order valence-corrected chi connectivity index (χ0v) is 18.6. The number of nitrogens with one attached hydrogen (secondary N) is 1. The topological polar surface area (TPSA) is 95.3 Å². The van der Waals surface area contributed by atoms with Gasteiger partial charge in [0.2, 0.25) is 5.91 Å². The minimum atomic E-state index is -0.396. The van der Waals surface area contributed by atoms with Crippen LogP contribution >= 0.6 is 23.4 Å². The minimum Gasteiger partial charge on any atom is -0.484 e. The molecule has 8 nitrogen and oxygen atoms in total. The van der Waals surface area contributed by atoms with Crippen molar-refractivity contribution in [3.63, 3.8) is 0 Å². The fraction of sp³-hybridized carbons (Fsp3) is 0.238. The number of halogens is 1. The van der Waals surface area contributed by atoms with E-state index in [0.717, 1.165) is 0 Å². The van der Waals surface area contributed by atoms with Crippen molar-refractivity contribution < 1.29 is 19.1 Å². The van der Waals surface area contributed by atoms with Gasteiger partial charge in [-0.05, 0) is 43.3 Å². The molecule has 1 heterocycles. The van der Waals surface area contributed by atoms with Crippen LogP contribution in [-0.2, 0) is 23.2 Å². The van der Waals surface area contributed by atoms with Crippen molar-refractivity contribution in [3.8, 4) is 5.75 Å². The Bertz CT molecular complexity index is 1060. The molecule has 1 aromatic heterocycles. The van der Waals surface area contributed by atoms with Gasteiger partial charge in [-0.15, -0.1) is 10.2 Å². The van der Waals surface area contributed by atoms with Crippen molar-refractivity contribution in [2.45, 2.75) is 18.7 Å². The number of hydrogen-bond acceptors (Lipinski definition) is 7. The van der Waals surface area contributed by atoms with E-state index in [2.05, 4.69) is 15.5 Å². The summed E-state index contributed by atoms with van der Waals surface area (Å²) in [5.74, 6) is 0.724. The molecule has 0 aliphatic heterocycles. The Morgan fingerprint density at radius 2 is 1.87 bits per heavy atom. The van der Waals surface area contributed by atoms with Crippen LogP contribution in [0.15, 0.2) is 53.7 Å². The molecular formula is C21H21ClN4O4S. The molecular weight excluding hydrogens is 440 g/mol. The summed E-state index contributed by atoms with van der Waals surface area (Å²) in [5.41, 5.74) is 1.02. The summed E-state index contributed by atoms with van der Waals surface area (Å²) in [6, 6.07) is 13.7. The highest BCUT2D eigenvalue weighted by atomic mass is 35.5. The van der Waals surface area contributed by atoms with Gasteiger partial charge in [-0.3, -0.25) is 4.79 Å². The molecule has 0 aliphatic carbocycles. The van der Waals surface area contributed by atoms with Crippen LogP contribution in [0.5, 0.6) is 5.75 Å². The predicted octanol–water partition coefficient (Wildman–Crippen LogP) is 3.96. The van der Waals surface area contributed by atoms with Crippen LogP contribution in [0.2, 0.25) is 5.02 Å². The quantitative estimate of drug-likeness (QED) is 0.381. The van der Waals surface area contributed by atoms with Crippen molar-refractivity contribution in [2.24, 2.45) is 7.05 Å². The summed E-state index contributed by atoms with van der Waals surface area (Å²) < 4.78 is 12.4. The average Bonchev–Trinajstić information content (AvgIpc) is 3.12. The second kappa shape index (κ2) is 10.8. The Kier molecular flexibility index (Phi) is 7.91. The van der Waals surface area contributed by atoms with Crippen LogP contribution in [-0.4, -0.2) is 39.0 Å². The van der Waals surface area contributed by atoms with Crippen LogP contribution in [0.1, 0.15) is 23.1 Å². The van der Waals surface area contributed by atoms with Gasteiger partial charge in [0.1, 0.15) is 12.4 Å². The van der Waals surface area contributed by atoms with E-state index in [9.17, 15) is 9.59 Å². The largest absolute Gasteiger partial charge is 0.484 e. The van der Waals surface area contributed by atoms with Gasteiger partial charge in [0, 0.05) is 12.7 Å². The maximum Gasteiger partial charge on any atom is 0.338 e. The number of thioether (sulfide) groups is 1. The number of anilines is 1. The number of benzene rings is 2. The average molecular weight is 461 g/mol. The summed E-state index contributed by atoms with van der Waals surface area (Å²) in [5, 5.41) is 12.1. The lowest BCUT2D eigenvalue weighted by Crippen LogP contribution is -2.15. The third-order valence-electron chi connectivity index (χ3n) is 4.13. The lowest BCUT2D eigenvalue weighted by Gasteiger charge is -2.08. The number of rotatable bonds is 9. The summed E-state index contributed by atoms with van der Waals surface area (Å²) in [4.78, 5) is 23.9. The van der Waals surface area contributed by atoms with Crippen LogP contribution in [0.3, 0.4) is 0 Å². The minimum absolute atomic E-state index is 0.150. The van der Waals surface area contributed by atoms with Crippen molar-refractivity contribution in [3.05, 3.63) is 64.9 Å². The SMILES string of the molecule is CCOC(=O)c1ccc(NC(=O)CSc2nnc(COc3ccccc3Cl)n2C)cc1. The normalized spacial score (nSPS) is 10.5. The van der Waals surface area contributed by atoms with E-state index in [1.807, 2.05) is 12.1 Å². The van der Waals surface area contributed by atoms with Crippen molar-refractivity contribution >= 4 is 40.9 Å². The van der Waals surface area contributed by atoms with Crippen LogP contribution in [0.4, 0.5) is 5.69 Å². The number of esters is 1. The highest BCUT2D eigenvalue weighted by molar-refractivity contribution is 7.99. The van der Waals surface area contributed by atoms with Gasteiger partial charge in [0.05, 0.1) is 22.9 Å². The van der Waals surface area contributed by atoms with Gasteiger partial charge in [0.25, 0.3) is 0 Å². The molecule has 0 fully saturated rings. The van der Waals surface area contributed by atoms with E-state index >= 15 is 0 Å². The molecule has 0 aliphatic rings. The zero-order valence-electron chi connectivity index (χ0n) is 17.0. The molecule has 10 heteroatoms. The molecule has 0 saturated carbocycles. The van der Waals surface area contributed by atoms with E-state index in [1.54, 1.807) is 54.9 Å². The first-order valence-corrected chi connectivity index (χ1v) is 10.8. The number of ether oxygens (including phenoxy) is 2. The molecule has 1 amide bonds. The number of carbonyl (C=O) groups excluding carboxylic acids is 2. The summed E-state index contributed by atoms with van der Waals surface area (Å²) >= 11 is 7.34. The number of nitrogens with zero attached hydrogens (tertiary/aromatic N) is 3. The maximum absolute atomic E-state index is 12.3. The van der Waals surface area contributed by atoms with Crippen LogP contribution in [0, 0.1) is 0 Å². The van der Waals surface area contributed by atoms with Gasteiger partial charge in [-0.25, -0.2) is 4.79 Å². The molecule has 0 radical (unpaired) electrons. The fourth-order valence-corrected chi connectivity index (χ4v) is 3.45. The Morgan fingerprint density at radius 3 is 2.58 bits per heavy atom. The van der Waals surface area contributed by atoms with E-state index in [4.69, 9.17) is 21.1 Å². The first kappa shape index (κ1) is 22.6. The molecule has 3 aromatic rings. The first-order chi connectivity index (χ1) is 15.0. The summed E-state index contributed by atoms with van der Waals surface area (Å²) in [6.45, 7) is 2.26. The zero-order chi connectivity index (χ0) is 22.2. The van der Waals surface area contributed by atoms with E-state index in [1.165, 1.54) is 11.8 Å². The summed E-state index contributed by atoms with van der Waals surface area (Å²) in [7, 11) is 1.81. The van der Waals surface area contributed by atoms with Gasteiger partial charge in [-0.2, -0.15) is 0 Å². The first-order valence-electron chi connectivity index (χ1n) is 9.43. The highest BCUT2D eigenvalue weighted by Crippen LogP contribution is 2.24. The molecule has 1 N–H and O–H groups in total. The molecule has 0 saturated heterocycles. The Labute approximate surface area is 188 Å². The molecule has 0 spiro atoms. The summed E-state index contributed by atoms with van der Waals surface area (Å²) in [6.07, 6.45) is 0. The van der Waals surface area contributed by atoms with Crippen molar-refractivity contribution in [1.29, 1.82) is 0 Å². The fourth-order valence-electron chi connectivity index (χ4n) is 2.53. The number of para-hydroxylation sites is 1. The third-order valence-corrected chi connectivity index (χ3v) is 5.46. The van der Waals surface area contributed by atoms with Crippen LogP contribution < -0.4 is 10.1 Å². The molecule has 162 valence electrons. The lowest BCUT2D eigenvalue weighted by molar-refractivity contribution is -0.113. The molecule has 2 aromatic carbocycles. The second-order valence-electron chi connectivity index (χ2n) is 6.31. The number of aromatic nitrogens is 3. The van der Waals surface area contributed by atoms with Crippen molar-refractivity contribution in [1.82, 2.24) is 14.8 Å². The molecule has 31 heavy (non-hydrogen) atoms. The van der Waals surface area contributed by atoms with Gasteiger partial charge >= 0.3 is 5.97 Å².